The van der Waals surface area contributed by atoms with E-state index in [-0.39, 0.29) is 32.2 Å². The highest BCUT2D eigenvalue weighted by Gasteiger charge is 2.36. The molecule has 3 rings (SSSR count). The van der Waals surface area contributed by atoms with Crippen LogP contribution >= 0.6 is 11.3 Å². The van der Waals surface area contributed by atoms with Gasteiger partial charge in [-0.25, -0.2) is 4.98 Å². The van der Waals surface area contributed by atoms with Crippen molar-refractivity contribution < 1.29 is 17.6 Å². The molecule has 0 aliphatic carbocycles. The largest absolute Gasteiger partial charge is 0.463 e. The number of anilines is 1. The summed E-state index contributed by atoms with van der Waals surface area (Å²) < 4.78 is 44.8. The van der Waals surface area contributed by atoms with Crippen molar-refractivity contribution in [2.75, 3.05) is 5.73 Å². The number of alkyl halides is 3. The van der Waals surface area contributed by atoms with E-state index < -0.39 is 11.7 Å². The zero-order chi connectivity index (χ0) is 15.2. The van der Waals surface area contributed by atoms with Crippen molar-refractivity contribution in [3.05, 3.63) is 34.9 Å². The van der Waals surface area contributed by atoms with E-state index in [0.717, 1.165) is 17.4 Å². The fourth-order valence-electron chi connectivity index (χ4n) is 1.98. The Bertz CT molecular complexity index is 860. The van der Waals surface area contributed by atoms with Crippen molar-refractivity contribution in [3.8, 4) is 17.5 Å². The van der Waals surface area contributed by atoms with Gasteiger partial charge in [-0.2, -0.15) is 18.4 Å². The number of rotatable bonds is 1. The predicted molar refractivity (Wildman–Crippen MR) is 71.5 cm³/mol. The number of pyridine rings is 1. The Kier molecular flexibility index (Phi) is 2.88. The first-order valence-corrected chi connectivity index (χ1v) is 6.47. The number of halogens is 3. The number of furan rings is 1. The zero-order valence-electron chi connectivity index (χ0n) is 10.2. The Hall–Kier alpha value is -2.53. The molecule has 0 fully saturated rings. The minimum Gasteiger partial charge on any atom is -0.463 e. The van der Waals surface area contributed by atoms with Crippen molar-refractivity contribution >= 4 is 27.2 Å². The number of hydrogen-bond donors (Lipinski definition) is 1. The fourth-order valence-corrected chi connectivity index (χ4v) is 2.90. The summed E-state index contributed by atoms with van der Waals surface area (Å²) in [6, 6.07) is 5.72. The first-order valence-electron chi connectivity index (χ1n) is 5.66. The van der Waals surface area contributed by atoms with Gasteiger partial charge in [0, 0.05) is 5.39 Å². The van der Waals surface area contributed by atoms with Gasteiger partial charge >= 0.3 is 6.18 Å². The quantitative estimate of drug-likeness (QED) is 0.736. The molecule has 3 heterocycles. The second-order valence-electron chi connectivity index (χ2n) is 4.17. The molecule has 0 aliphatic rings. The van der Waals surface area contributed by atoms with E-state index in [9.17, 15) is 13.2 Å². The maximum atomic E-state index is 13.2. The van der Waals surface area contributed by atoms with E-state index in [0.29, 0.717) is 0 Å². The van der Waals surface area contributed by atoms with E-state index >= 15 is 0 Å². The molecule has 2 N–H and O–H groups in total. The molecule has 0 amide bonds. The number of nitrogen functional groups attached to an aromatic ring is 1. The molecule has 0 saturated heterocycles. The number of hydrogen-bond acceptors (Lipinski definition) is 5. The average molecular weight is 309 g/mol. The van der Waals surface area contributed by atoms with Crippen LogP contribution in [0.25, 0.3) is 21.7 Å². The van der Waals surface area contributed by atoms with Gasteiger partial charge in [0.05, 0.1) is 17.5 Å². The van der Waals surface area contributed by atoms with Gasteiger partial charge in [-0.05, 0) is 18.2 Å². The summed E-state index contributed by atoms with van der Waals surface area (Å²) in [6.07, 6.45) is -3.26. The van der Waals surface area contributed by atoms with Gasteiger partial charge in [0.15, 0.2) is 5.76 Å². The van der Waals surface area contributed by atoms with Crippen molar-refractivity contribution in [1.82, 2.24) is 4.98 Å². The molecule has 0 unspecified atom stereocenters. The normalized spacial score (nSPS) is 11.7. The molecule has 3 aromatic rings. The van der Waals surface area contributed by atoms with Crippen LogP contribution in [-0.2, 0) is 6.18 Å². The Labute approximate surface area is 120 Å². The summed E-state index contributed by atoms with van der Waals surface area (Å²) in [5.41, 5.74) is 4.57. The topological polar surface area (TPSA) is 75.8 Å². The minimum absolute atomic E-state index is 0.0135. The van der Waals surface area contributed by atoms with Crippen molar-refractivity contribution in [1.29, 1.82) is 5.26 Å². The van der Waals surface area contributed by atoms with Gasteiger partial charge in [0.25, 0.3) is 0 Å². The predicted octanol–water partition coefficient (Wildman–Crippen LogP) is 4.03. The summed E-state index contributed by atoms with van der Waals surface area (Å²) in [6.45, 7) is 0. The van der Waals surface area contributed by atoms with Gasteiger partial charge in [-0.3, -0.25) is 0 Å². The van der Waals surface area contributed by atoms with Crippen molar-refractivity contribution in [2.24, 2.45) is 0 Å². The number of nitrogens with zero attached hydrogens (tertiary/aromatic N) is 2. The smallest absolute Gasteiger partial charge is 0.417 e. The van der Waals surface area contributed by atoms with Crippen LogP contribution in [-0.4, -0.2) is 4.98 Å². The first kappa shape index (κ1) is 13.5. The average Bonchev–Trinajstić information content (AvgIpc) is 3.05. The zero-order valence-corrected chi connectivity index (χ0v) is 11.0. The Balaban J connectivity index is 2.40. The summed E-state index contributed by atoms with van der Waals surface area (Å²) in [5, 5.41) is 8.68. The molecule has 8 heteroatoms. The van der Waals surface area contributed by atoms with Crippen LogP contribution in [0.3, 0.4) is 0 Å². The van der Waals surface area contributed by atoms with Crippen molar-refractivity contribution in [2.45, 2.75) is 6.18 Å². The summed E-state index contributed by atoms with van der Waals surface area (Å²) >= 11 is 0.827. The molecule has 0 atom stereocenters. The molecule has 0 radical (unpaired) electrons. The SMILES string of the molecule is N#Cc1sc2nc(-c3ccco3)cc(C(F)(F)F)c2c1N. The lowest BCUT2D eigenvalue weighted by atomic mass is 10.1. The highest BCUT2D eigenvalue weighted by Crippen LogP contribution is 2.43. The van der Waals surface area contributed by atoms with Crippen LogP contribution < -0.4 is 5.73 Å². The van der Waals surface area contributed by atoms with Crippen LogP contribution in [0.4, 0.5) is 18.9 Å². The lowest BCUT2D eigenvalue weighted by Crippen LogP contribution is -2.07. The van der Waals surface area contributed by atoms with Crippen LogP contribution in [0.15, 0.2) is 28.9 Å². The number of aromatic nitrogens is 1. The molecular weight excluding hydrogens is 303 g/mol. The number of thiophene rings is 1. The third kappa shape index (κ3) is 2.11. The summed E-state index contributed by atoms with van der Waals surface area (Å²) in [4.78, 5) is 4.19. The van der Waals surface area contributed by atoms with E-state index in [1.165, 1.54) is 12.3 Å². The highest BCUT2D eigenvalue weighted by molar-refractivity contribution is 7.19. The van der Waals surface area contributed by atoms with Crippen LogP contribution in [0.1, 0.15) is 10.4 Å². The van der Waals surface area contributed by atoms with Crippen LogP contribution in [0.2, 0.25) is 0 Å². The molecule has 0 saturated carbocycles. The van der Waals surface area contributed by atoms with E-state index in [4.69, 9.17) is 15.4 Å². The molecule has 0 spiro atoms. The second-order valence-corrected chi connectivity index (χ2v) is 5.17. The molecule has 0 aromatic carbocycles. The van der Waals surface area contributed by atoms with Crippen molar-refractivity contribution in [3.63, 3.8) is 0 Å². The maximum absolute atomic E-state index is 13.2. The third-order valence-corrected chi connectivity index (χ3v) is 3.88. The third-order valence-electron chi connectivity index (χ3n) is 2.88. The lowest BCUT2D eigenvalue weighted by Gasteiger charge is -2.10. The van der Waals surface area contributed by atoms with Crippen LogP contribution in [0.5, 0.6) is 0 Å². The first-order chi connectivity index (χ1) is 9.91. The van der Waals surface area contributed by atoms with Gasteiger partial charge in [-0.15, -0.1) is 11.3 Å². The molecular formula is C13H6F3N3OS. The van der Waals surface area contributed by atoms with Crippen LogP contribution in [0, 0.1) is 11.3 Å². The molecule has 3 aromatic heterocycles. The Morgan fingerprint density at radius 1 is 1.38 bits per heavy atom. The number of fused-ring (bicyclic) bond motifs is 1. The minimum atomic E-state index is -4.61. The monoisotopic (exact) mass is 309 g/mol. The second kappa shape index (κ2) is 4.49. The molecule has 4 nitrogen and oxygen atoms in total. The lowest BCUT2D eigenvalue weighted by molar-refractivity contribution is -0.136. The van der Waals surface area contributed by atoms with Gasteiger partial charge in [0.2, 0.25) is 0 Å². The van der Waals surface area contributed by atoms with Gasteiger partial charge in [-0.1, -0.05) is 0 Å². The van der Waals surface area contributed by atoms with Gasteiger partial charge < -0.3 is 10.2 Å². The summed E-state index contributed by atoms with van der Waals surface area (Å²) in [7, 11) is 0. The summed E-state index contributed by atoms with van der Waals surface area (Å²) in [5.74, 6) is 0.216. The maximum Gasteiger partial charge on any atom is 0.417 e. The Morgan fingerprint density at radius 3 is 2.71 bits per heavy atom. The molecule has 106 valence electrons. The van der Waals surface area contributed by atoms with E-state index in [1.54, 1.807) is 12.1 Å². The molecule has 0 bridgehead atoms. The van der Waals surface area contributed by atoms with E-state index in [2.05, 4.69) is 4.98 Å². The number of nitriles is 1. The number of nitrogens with two attached hydrogens (primary N) is 1. The van der Waals surface area contributed by atoms with E-state index in [1.807, 2.05) is 0 Å². The molecule has 0 aliphatic heterocycles. The standard InChI is InChI=1S/C13H6F3N3OS/c14-13(15,16)6-4-7(8-2-1-3-20-8)19-12-10(6)11(18)9(5-17)21-12/h1-4H,18H2. The van der Waals surface area contributed by atoms with Gasteiger partial charge in [0.1, 0.15) is 21.5 Å². The highest BCUT2D eigenvalue weighted by atomic mass is 32.1. The molecule has 21 heavy (non-hydrogen) atoms. The fraction of sp³-hybridized carbons (Fsp3) is 0.0769. The Morgan fingerprint density at radius 2 is 2.14 bits per heavy atom.